The normalized spacial score (nSPS) is 14.1. The van der Waals surface area contributed by atoms with E-state index in [1.165, 1.54) is 0 Å². The van der Waals surface area contributed by atoms with Gasteiger partial charge in [-0.2, -0.15) is 0 Å². The van der Waals surface area contributed by atoms with Crippen molar-refractivity contribution in [2.24, 2.45) is 5.92 Å². The van der Waals surface area contributed by atoms with E-state index < -0.39 is 0 Å². The molecule has 5 aromatic rings. The third-order valence-electron chi connectivity index (χ3n) is 7.59. The number of anilines is 3. The SMILES string of the molecule is Cc1cccc(NC(=O)Nc2ccc(-c3nc(C)n4c(CC5CCNCC5)cnc(N)c34)c3ccccc23)c1. The second-order valence-electron chi connectivity index (χ2n) is 10.4. The van der Waals surface area contributed by atoms with Crippen LogP contribution in [0.15, 0.2) is 66.9 Å². The summed E-state index contributed by atoms with van der Waals surface area (Å²) in [4.78, 5) is 22.5. The number of carbonyl (C=O) groups excluding carboxylic acids is 1. The quantitative estimate of drug-likeness (QED) is 0.230. The standard InChI is InChI=1S/C31H33N7O/c1-19-6-5-7-22(16-19)36-31(39)37-27-11-10-26(24-8-3-4-9-25(24)27)28-29-30(32)34-18-23(38(29)20(2)35-28)17-21-12-14-33-15-13-21/h3-11,16,18,21,33H,12-15,17H2,1-2H3,(H2,32,34)(H2,36,37,39). The Balaban J connectivity index is 1.38. The molecule has 1 aliphatic heterocycles. The van der Waals surface area contributed by atoms with Crippen molar-refractivity contribution < 1.29 is 4.79 Å². The first-order valence-electron chi connectivity index (χ1n) is 13.5. The number of amides is 2. The van der Waals surface area contributed by atoms with Gasteiger partial charge >= 0.3 is 6.03 Å². The van der Waals surface area contributed by atoms with Gasteiger partial charge in [-0.25, -0.2) is 14.8 Å². The number of piperidine rings is 1. The van der Waals surface area contributed by atoms with Crippen molar-refractivity contribution in [3.05, 3.63) is 83.9 Å². The van der Waals surface area contributed by atoms with E-state index in [1.54, 1.807) is 0 Å². The third kappa shape index (κ3) is 4.91. The van der Waals surface area contributed by atoms with Crippen LogP contribution in [0.2, 0.25) is 0 Å². The van der Waals surface area contributed by atoms with E-state index in [-0.39, 0.29) is 6.03 Å². The summed E-state index contributed by atoms with van der Waals surface area (Å²) in [5.74, 6) is 1.97. The Kier molecular flexibility index (Phi) is 6.62. The smallest absolute Gasteiger partial charge is 0.323 e. The van der Waals surface area contributed by atoms with Crippen LogP contribution in [-0.2, 0) is 6.42 Å². The number of nitrogens with one attached hydrogen (secondary N) is 3. The van der Waals surface area contributed by atoms with Gasteiger partial charge in [0.2, 0.25) is 0 Å². The second-order valence-corrected chi connectivity index (χ2v) is 10.4. The minimum absolute atomic E-state index is 0.294. The molecular weight excluding hydrogens is 486 g/mol. The summed E-state index contributed by atoms with van der Waals surface area (Å²) in [7, 11) is 0. The number of hydrogen-bond acceptors (Lipinski definition) is 5. The Labute approximate surface area is 227 Å². The van der Waals surface area contributed by atoms with Crippen molar-refractivity contribution >= 4 is 39.5 Å². The maximum Gasteiger partial charge on any atom is 0.323 e. The molecule has 3 aromatic carbocycles. The first-order valence-corrected chi connectivity index (χ1v) is 13.5. The van der Waals surface area contributed by atoms with Gasteiger partial charge in [-0.3, -0.25) is 4.40 Å². The molecule has 1 aliphatic rings. The summed E-state index contributed by atoms with van der Waals surface area (Å²) in [5.41, 5.74) is 12.8. The topological polar surface area (TPSA) is 109 Å². The number of rotatable bonds is 5. The van der Waals surface area contributed by atoms with Crippen LogP contribution in [0.1, 0.15) is 29.9 Å². The zero-order valence-corrected chi connectivity index (χ0v) is 22.3. The average Bonchev–Trinajstić information content (AvgIpc) is 3.29. The number of aryl methyl sites for hydroxylation is 2. The minimum atomic E-state index is -0.294. The van der Waals surface area contributed by atoms with Crippen molar-refractivity contribution in [2.75, 3.05) is 29.5 Å². The molecule has 6 rings (SSSR count). The number of carbonyl (C=O) groups is 1. The molecule has 2 amide bonds. The molecule has 1 saturated heterocycles. The van der Waals surface area contributed by atoms with Gasteiger partial charge < -0.3 is 21.7 Å². The van der Waals surface area contributed by atoms with Gasteiger partial charge in [-0.15, -0.1) is 0 Å². The summed E-state index contributed by atoms with van der Waals surface area (Å²) in [5, 5.41) is 11.3. The molecular formula is C31H33N7O. The van der Waals surface area contributed by atoms with Gasteiger partial charge in [-0.1, -0.05) is 42.5 Å². The van der Waals surface area contributed by atoms with Crippen LogP contribution in [0.4, 0.5) is 22.0 Å². The molecule has 0 saturated carbocycles. The number of urea groups is 1. The molecule has 0 aliphatic carbocycles. The molecule has 0 atom stereocenters. The number of nitrogen functional groups attached to an aromatic ring is 1. The molecule has 39 heavy (non-hydrogen) atoms. The Hall–Kier alpha value is -4.43. The van der Waals surface area contributed by atoms with E-state index in [4.69, 9.17) is 10.7 Å². The molecule has 3 heterocycles. The molecule has 0 bridgehead atoms. The van der Waals surface area contributed by atoms with Crippen molar-refractivity contribution in [1.82, 2.24) is 19.7 Å². The van der Waals surface area contributed by atoms with Gasteiger partial charge in [0.25, 0.3) is 0 Å². The van der Waals surface area contributed by atoms with Gasteiger partial charge in [0.1, 0.15) is 22.9 Å². The number of nitrogens with two attached hydrogens (primary N) is 1. The van der Waals surface area contributed by atoms with E-state index in [9.17, 15) is 4.79 Å². The number of nitrogens with zero attached hydrogens (tertiary/aromatic N) is 3. The molecule has 198 valence electrons. The van der Waals surface area contributed by atoms with Crippen LogP contribution in [0.25, 0.3) is 27.5 Å². The number of imidazole rings is 1. The fraction of sp³-hybridized carbons (Fsp3) is 0.258. The van der Waals surface area contributed by atoms with E-state index in [0.29, 0.717) is 11.7 Å². The van der Waals surface area contributed by atoms with Crippen LogP contribution in [-0.4, -0.2) is 33.5 Å². The molecule has 8 nitrogen and oxygen atoms in total. The van der Waals surface area contributed by atoms with E-state index >= 15 is 0 Å². The number of benzene rings is 3. The van der Waals surface area contributed by atoms with Crippen molar-refractivity contribution in [3.8, 4) is 11.3 Å². The Morgan fingerprint density at radius 1 is 1.03 bits per heavy atom. The van der Waals surface area contributed by atoms with Gasteiger partial charge in [-0.05, 0) is 81.3 Å². The molecule has 0 unspecified atom stereocenters. The maximum absolute atomic E-state index is 12.8. The highest BCUT2D eigenvalue weighted by molar-refractivity contribution is 6.10. The molecule has 5 N–H and O–H groups in total. The molecule has 2 aromatic heterocycles. The molecule has 1 fully saturated rings. The van der Waals surface area contributed by atoms with E-state index in [0.717, 1.165) is 88.4 Å². The molecule has 0 radical (unpaired) electrons. The first kappa shape index (κ1) is 24.9. The fourth-order valence-corrected chi connectivity index (χ4v) is 5.72. The minimum Gasteiger partial charge on any atom is -0.382 e. The highest BCUT2D eigenvalue weighted by Gasteiger charge is 2.22. The molecule has 8 heteroatoms. The van der Waals surface area contributed by atoms with Crippen LogP contribution >= 0.6 is 0 Å². The summed E-state index contributed by atoms with van der Waals surface area (Å²) >= 11 is 0. The van der Waals surface area contributed by atoms with Gasteiger partial charge in [0, 0.05) is 28.5 Å². The van der Waals surface area contributed by atoms with Crippen molar-refractivity contribution in [2.45, 2.75) is 33.1 Å². The Morgan fingerprint density at radius 3 is 2.62 bits per heavy atom. The van der Waals surface area contributed by atoms with Crippen molar-refractivity contribution in [1.29, 1.82) is 0 Å². The lowest BCUT2D eigenvalue weighted by atomic mass is 9.93. The largest absolute Gasteiger partial charge is 0.382 e. The highest BCUT2D eigenvalue weighted by Crippen LogP contribution is 2.37. The first-order chi connectivity index (χ1) is 19.0. The fourth-order valence-electron chi connectivity index (χ4n) is 5.72. The Morgan fingerprint density at radius 2 is 1.82 bits per heavy atom. The van der Waals surface area contributed by atoms with Gasteiger partial charge in [0.15, 0.2) is 0 Å². The summed E-state index contributed by atoms with van der Waals surface area (Å²) in [6.45, 7) is 6.13. The lowest BCUT2D eigenvalue weighted by Gasteiger charge is -2.23. The zero-order valence-electron chi connectivity index (χ0n) is 22.3. The predicted octanol–water partition coefficient (Wildman–Crippen LogP) is 5.93. The lowest BCUT2D eigenvalue weighted by molar-refractivity contribution is 0.262. The summed E-state index contributed by atoms with van der Waals surface area (Å²) in [6, 6.07) is 19.4. The van der Waals surface area contributed by atoms with Crippen LogP contribution in [0.3, 0.4) is 0 Å². The van der Waals surface area contributed by atoms with Crippen LogP contribution < -0.4 is 21.7 Å². The maximum atomic E-state index is 12.8. The van der Waals surface area contributed by atoms with Crippen molar-refractivity contribution in [3.63, 3.8) is 0 Å². The number of aromatic nitrogens is 3. The Bertz CT molecular complexity index is 1680. The monoisotopic (exact) mass is 519 g/mol. The summed E-state index contributed by atoms with van der Waals surface area (Å²) in [6.07, 6.45) is 5.16. The predicted molar refractivity (Wildman–Crippen MR) is 158 cm³/mol. The average molecular weight is 520 g/mol. The van der Waals surface area contributed by atoms with E-state index in [1.807, 2.05) is 74.6 Å². The van der Waals surface area contributed by atoms with Crippen LogP contribution in [0, 0.1) is 19.8 Å². The third-order valence-corrected chi connectivity index (χ3v) is 7.59. The number of fused-ring (bicyclic) bond motifs is 2. The highest BCUT2D eigenvalue weighted by atomic mass is 16.2. The van der Waals surface area contributed by atoms with E-state index in [2.05, 4.69) is 31.4 Å². The lowest BCUT2D eigenvalue weighted by Crippen LogP contribution is -2.29. The zero-order chi connectivity index (χ0) is 26.9. The second kappa shape index (κ2) is 10.4. The van der Waals surface area contributed by atoms with Gasteiger partial charge in [0.05, 0.1) is 5.69 Å². The van der Waals surface area contributed by atoms with Crippen LogP contribution in [0.5, 0.6) is 0 Å². The summed E-state index contributed by atoms with van der Waals surface area (Å²) < 4.78 is 2.18. The number of hydrogen-bond donors (Lipinski definition) is 4. The molecule has 0 spiro atoms.